The molecule has 136 valence electrons. The summed E-state index contributed by atoms with van der Waals surface area (Å²) in [5.74, 6) is -0.928. The van der Waals surface area contributed by atoms with Gasteiger partial charge in [0.15, 0.2) is 12.7 Å². The van der Waals surface area contributed by atoms with Crippen LogP contribution in [0.4, 0.5) is 8.78 Å². The molecule has 1 aliphatic rings. The molecule has 1 heterocycles. The molecule has 1 atom stereocenters. The SMILES string of the molecule is CN(CC1CC(c2ccc(F)cc2F)=NO1)C(=O)COc1ccccc1. The Morgan fingerprint density at radius 3 is 2.77 bits per heavy atom. The van der Waals surface area contributed by atoms with Crippen LogP contribution in [0.5, 0.6) is 5.75 Å². The Morgan fingerprint density at radius 2 is 2.04 bits per heavy atom. The van der Waals surface area contributed by atoms with Crippen LogP contribution in [0.15, 0.2) is 53.7 Å². The van der Waals surface area contributed by atoms with Crippen LogP contribution >= 0.6 is 0 Å². The van der Waals surface area contributed by atoms with Gasteiger partial charge >= 0.3 is 0 Å². The molecule has 0 bridgehead atoms. The fourth-order valence-corrected chi connectivity index (χ4v) is 2.59. The smallest absolute Gasteiger partial charge is 0.260 e. The number of benzene rings is 2. The third-order valence-corrected chi connectivity index (χ3v) is 3.98. The average molecular weight is 360 g/mol. The predicted octanol–water partition coefficient (Wildman–Crippen LogP) is 3.00. The minimum absolute atomic E-state index is 0.0897. The van der Waals surface area contributed by atoms with E-state index in [4.69, 9.17) is 9.57 Å². The van der Waals surface area contributed by atoms with Crippen molar-refractivity contribution in [2.24, 2.45) is 5.16 Å². The van der Waals surface area contributed by atoms with Crippen LogP contribution in [0, 0.1) is 11.6 Å². The van der Waals surface area contributed by atoms with Crippen LogP contribution in [0.3, 0.4) is 0 Å². The van der Waals surface area contributed by atoms with Gasteiger partial charge in [0.25, 0.3) is 5.91 Å². The van der Waals surface area contributed by atoms with Crippen molar-refractivity contribution in [1.82, 2.24) is 4.90 Å². The molecule has 26 heavy (non-hydrogen) atoms. The molecule has 0 radical (unpaired) electrons. The highest BCUT2D eigenvalue weighted by molar-refractivity contribution is 6.01. The van der Waals surface area contributed by atoms with Gasteiger partial charge in [-0.25, -0.2) is 8.78 Å². The van der Waals surface area contributed by atoms with Crippen LogP contribution in [0.2, 0.25) is 0 Å². The molecule has 0 saturated heterocycles. The first-order valence-corrected chi connectivity index (χ1v) is 8.13. The molecule has 0 saturated carbocycles. The number of ether oxygens (including phenoxy) is 1. The van der Waals surface area contributed by atoms with Crippen molar-refractivity contribution >= 4 is 11.6 Å². The standard InChI is InChI=1S/C19H18F2N2O3/c1-23(19(24)12-25-14-5-3-2-4-6-14)11-15-10-18(22-26-15)16-8-7-13(20)9-17(16)21/h2-9,15H,10-12H2,1H3. The van der Waals surface area contributed by atoms with E-state index in [0.717, 1.165) is 6.07 Å². The van der Waals surface area contributed by atoms with E-state index < -0.39 is 11.6 Å². The summed E-state index contributed by atoms with van der Waals surface area (Å²) >= 11 is 0. The molecule has 0 N–H and O–H groups in total. The zero-order valence-corrected chi connectivity index (χ0v) is 14.2. The van der Waals surface area contributed by atoms with Gasteiger partial charge in [-0.15, -0.1) is 0 Å². The summed E-state index contributed by atoms with van der Waals surface area (Å²) in [7, 11) is 1.64. The quantitative estimate of drug-likeness (QED) is 0.796. The van der Waals surface area contributed by atoms with Crippen molar-refractivity contribution in [3.63, 3.8) is 0 Å². The second kappa shape index (κ2) is 7.95. The van der Waals surface area contributed by atoms with Gasteiger partial charge in [-0.2, -0.15) is 0 Å². The molecule has 0 spiro atoms. The van der Waals surface area contributed by atoms with Crippen molar-refractivity contribution in [3.05, 3.63) is 65.7 Å². The third-order valence-electron chi connectivity index (χ3n) is 3.98. The summed E-state index contributed by atoms with van der Waals surface area (Å²) in [6.07, 6.45) is -0.0557. The van der Waals surface area contributed by atoms with Crippen LogP contribution in [0.25, 0.3) is 0 Å². The van der Waals surface area contributed by atoms with Crippen LogP contribution in [-0.4, -0.2) is 42.8 Å². The molecular weight excluding hydrogens is 342 g/mol. The van der Waals surface area contributed by atoms with Gasteiger partial charge in [0.2, 0.25) is 0 Å². The number of amides is 1. The zero-order valence-electron chi connectivity index (χ0n) is 14.2. The van der Waals surface area contributed by atoms with Gasteiger partial charge in [0.05, 0.1) is 12.3 Å². The van der Waals surface area contributed by atoms with Crippen molar-refractivity contribution in [2.45, 2.75) is 12.5 Å². The summed E-state index contributed by atoms with van der Waals surface area (Å²) in [6.45, 7) is 0.195. The summed E-state index contributed by atoms with van der Waals surface area (Å²) in [5.41, 5.74) is 0.601. The predicted molar refractivity (Wildman–Crippen MR) is 92.0 cm³/mol. The summed E-state index contributed by atoms with van der Waals surface area (Å²) in [4.78, 5) is 18.9. The lowest BCUT2D eigenvalue weighted by atomic mass is 10.0. The van der Waals surface area contributed by atoms with Gasteiger partial charge < -0.3 is 14.5 Å². The number of hydrogen-bond donors (Lipinski definition) is 0. The van der Waals surface area contributed by atoms with Gasteiger partial charge in [0, 0.05) is 25.1 Å². The number of rotatable bonds is 6. The Morgan fingerprint density at radius 1 is 1.27 bits per heavy atom. The summed E-state index contributed by atoms with van der Waals surface area (Å²) < 4.78 is 32.2. The van der Waals surface area contributed by atoms with E-state index in [1.165, 1.54) is 17.0 Å². The van der Waals surface area contributed by atoms with Crippen molar-refractivity contribution in [2.75, 3.05) is 20.2 Å². The summed E-state index contributed by atoms with van der Waals surface area (Å²) in [5, 5.41) is 3.87. The van der Waals surface area contributed by atoms with Crippen molar-refractivity contribution < 1.29 is 23.1 Å². The Bertz CT molecular complexity index is 812. The van der Waals surface area contributed by atoms with Crippen molar-refractivity contribution in [1.29, 1.82) is 0 Å². The summed E-state index contributed by atoms with van der Waals surface area (Å²) in [6, 6.07) is 12.4. The third kappa shape index (κ3) is 4.36. The van der Waals surface area contributed by atoms with E-state index >= 15 is 0 Å². The number of likely N-dealkylation sites (N-methyl/N-ethyl adjacent to an activating group) is 1. The molecule has 2 aromatic rings. The van der Waals surface area contributed by atoms with Gasteiger partial charge in [-0.3, -0.25) is 4.79 Å². The Labute approximate surface area is 149 Å². The lowest BCUT2D eigenvalue weighted by Crippen LogP contribution is -2.37. The molecule has 2 aromatic carbocycles. The highest BCUT2D eigenvalue weighted by Gasteiger charge is 2.26. The van der Waals surface area contributed by atoms with Gasteiger partial charge in [-0.05, 0) is 24.3 Å². The average Bonchev–Trinajstić information content (AvgIpc) is 3.08. The molecule has 3 rings (SSSR count). The number of halogens is 2. The zero-order chi connectivity index (χ0) is 18.5. The lowest BCUT2D eigenvalue weighted by molar-refractivity contribution is -0.133. The molecule has 0 fully saturated rings. The van der Waals surface area contributed by atoms with Crippen LogP contribution in [0.1, 0.15) is 12.0 Å². The maximum atomic E-state index is 13.8. The monoisotopic (exact) mass is 360 g/mol. The molecule has 7 heteroatoms. The maximum Gasteiger partial charge on any atom is 0.260 e. The Balaban J connectivity index is 1.50. The highest BCUT2D eigenvalue weighted by atomic mass is 19.1. The van der Waals surface area contributed by atoms with Gasteiger partial charge in [-0.1, -0.05) is 23.4 Å². The molecule has 1 aliphatic heterocycles. The van der Waals surface area contributed by atoms with E-state index in [1.54, 1.807) is 19.2 Å². The van der Waals surface area contributed by atoms with E-state index in [-0.39, 0.29) is 30.7 Å². The molecule has 1 unspecified atom stereocenters. The first-order chi connectivity index (χ1) is 12.5. The highest BCUT2D eigenvalue weighted by Crippen LogP contribution is 2.20. The topological polar surface area (TPSA) is 51.1 Å². The molecule has 0 aliphatic carbocycles. The Kier molecular flexibility index (Phi) is 5.46. The first-order valence-electron chi connectivity index (χ1n) is 8.13. The minimum Gasteiger partial charge on any atom is -0.484 e. The van der Waals surface area contributed by atoms with Crippen LogP contribution in [-0.2, 0) is 9.63 Å². The van der Waals surface area contributed by atoms with Crippen LogP contribution < -0.4 is 4.74 Å². The maximum absolute atomic E-state index is 13.8. The number of carbonyl (C=O) groups excluding carboxylic acids is 1. The van der Waals surface area contributed by atoms with E-state index in [9.17, 15) is 13.6 Å². The number of carbonyl (C=O) groups is 1. The molecule has 0 aromatic heterocycles. The van der Waals surface area contributed by atoms with E-state index in [2.05, 4.69) is 5.16 Å². The number of hydrogen-bond acceptors (Lipinski definition) is 4. The largest absolute Gasteiger partial charge is 0.484 e. The Hall–Kier alpha value is -2.96. The number of para-hydroxylation sites is 1. The number of oxime groups is 1. The second-order valence-electron chi connectivity index (χ2n) is 5.97. The fourth-order valence-electron chi connectivity index (χ4n) is 2.59. The lowest BCUT2D eigenvalue weighted by Gasteiger charge is -2.20. The molecule has 1 amide bonds. The first kappa shape index (κ1) is 17.8. The van der Waals surface area contributed by atoms with E-state index in [0.29, 0.717) is 17.9 Å². The van der Waals surface area contributed by atoms with Gasteiger partial charge in [0.1, 0.15) is 17.4 Å². The molecule has 5 nitrogen and oxygen atoms in total. The normalized spacial score (nSPS) is 16.0. The minimum atomic E-state index is -0.686. The van der Waals surface area contributed by atoms with Crippen molar-refractivity contribution in [3.8, 4) is 5.75 Å². The second-order valence-corrected chi connectivity index (χ2v) is 5.97. The van der Waals surface area contributed by atoms with E-state index in [1.807, 2.05) is 18.2 Å². The fraction of sp³-hybridized carbons (Fsp3) is 0.263. The number of nitrogens with zero attached hydrogens (tertiary/aromatic N) is 2. The molecular formula is C19H18F2N2O3.